The SMILES string of the molecule is FNc1ccnc2cnc(N3CCNCC3)cc12. The molecule has 1 aliphatic heterocycles. The number of pyridine rings is 2. The van der Waals surface area contributed by atoms with Crippen molar-refractivity contribution in [2.75, 3.05) is 36.6 Å². The number of rotatable bonds is 2. The predicted octanol–water partition coefficient (Wildman–Crippen LogP) is 1.34. The van der Waals surface area contributed by atoms with Crippen molar-refractivity contribution in [2.45, 2.75) is 0 Å². The van der Waals surface area contributed by atoms with Crippen LogP contribution >= 0.6 is 0 Å². The van der Waals surface area contributed by atoms with Crippen LogP contribution in [0.25, 0.3) is 10.9 Å². The van der Waals surface area contributed by atoms with E-state index in [4.69, 9.17) is 0 Å². The van der Waals surface area contributed by atoms with E-state index in [1.54, 1.807) is 24.0 Å². The number of halogens is 1. The molecule has 2 aromatic rings. The van der Waals surface area contributed by atoms with Crippen LogP contribution in [0.15, 0.2) is 24.5 Å². The van der Waals surface area contributed by atoms with Crippen molar-refractivity contribution in [3.63, 3.8) is 0 Å². The average molecular weight is 247 g/mol. The lowest BCUT2D eigenvalue weighted by molar-refractivity contribution is 0.585. The molecule has 2 N–H and O–H groups in total. The van der Waals surface area contributed by atoms with Gasteiger partial charge in [0.25, 0.3) is 0 Å². The lowest BCUT2D eigenvalue weighted by Gasteiger charge is -2.28. The highest BCUT2D eigenvalue weighted by Crippen LogP contribution is 2.25. The van der Waals surface area contributed by atoms with Crippen molar-refractivity contribution in [3.05, 3.63) is 24.5 Å². The molecule has 0 saturated carbocycles. The minimum absolute atomic E-state index is 0.429. The number of hydrogen-bond acceptors (Lipinski definition) is 5. The molecule has 0 aliphatic carbocycles. The molecule has 1 fully saturated rings. The molecule has 0 radical (unpaired) electrons. The fourth-order valence-electron chi connectivity index (χ4n) is 2.19. The Balaban J connectivity index is 2.03. The molecule has 94 valence electrons. The molecule has 1 saturated heterocycles. The fourth-order valence-corrected chi connectivity index (χ4v) is 2.19. The van der Waals surface area contributed by atoms with E-state index in [9.17, 15) is 4.48 Å². The second kappa shape index (κ2) is 4.73. The molecule has 0 bridgehead atoms. The molecule has 2 aromatic heterocycles. The molecule has 1 aliphatic rings. The summed E-state index contributed by atoms with van der Waals surface area (Å²) in [5, 5.41) is 4.04. The zero-order chi connectivity index (χ0) is 12.4. The summed E-state index contributed by atoms with van der Waals surface area (Å²) in [5.41, 5.74) is 2.82. The van der Waals surface area contributed by atoms with Crippen LogP contribution in [0.1, 0.15) is 0 Å². The lowest BCUT2D eigenvalue weighted by atomic mass is 10.2. The molecule has 3 rings (SSSR count). The molecule has 0 unspecified atom stereocenters. The van der Waals surface area contributed by atoms with Crippen LogP contribution in [0.2, 0.25) is 0 Å². The summed E-state index contributed by atoms with van der Waals surface area (Å²) in [6, 6.07) is 3.50. The zero-order valence-corrected chi connectivity index (χ0v) is 9.86. The molecule has 5 nitrogen and oxygen atoms in total. The topological polar surface area (TPSA) is 53.1 Å². The summed E-state index contributed by atoms with van der Waals surface area (Å²) in [5.74, 6) is 0.869. The first-order valence-electron chi connectivity index (χ1n) is 5.95. The smallest absolute Gasteiger partial charge is 0.129 e. The minimum atomic E-state index is 0.429. The third-order valence-corrected chi connectivity index (χ3v) is 3.16. The maximum atomic E-state index is 12.7. The summed E-state index contributed by atoms with van der Waals surface area (Å²) >= 11 is 0. The Hall–Kier alpha value is -1.95. The van der Waals surface area contributed by atoms with E-state index >= 15 is 0 Å². The molecular formula is C12H14FN5. The highest BCUT2D eigenvalue weighted by atomic mass is 19.2. The maximum Gasteiger partial charge on any atom is 0.129 e. The van der Waals surface area contributed by atoms with Gasteiger partial charge in [0.2, 0.25) is 0 Å². The Labute approximate surface area is 104 Å². The van der Waals surface area contributed by atoms with Gasteiger partial charge in [0.15, 0.2) is 0 Å². The molecule has 0 aromatic carbocycles. The van der Waals surface area contributed by atoms with Gasteiger partial charge >= 0.3 is 0 Å². The van der Waals surface area contributed by atoms with Gasteiger partial charge in [-0.15, -0.1) is 4.48 Å². The molecule has 0 spiro atoms. The van der Waals surface area contributed by atoms with Crippen molar-refractivity contribution < 1.29 is 4.48 Å². The number of piperazine rings is 1. The number of fused-ring (bicyclic) bond motifs is 1. The van der Waals surface area contributed by atoms with Gasteiger partial charge in [-0.05, 0) is 12.1 Å². The Morgan fingerprint density at radius 3 is 2.89 bits per heavy atom. The number of aromatic nitrogens is 2. The van der Waals surface area contributed by atoms with Gasteiger partial charge in [0, 0.05) is 37.8 Å². The predicted molar refractivity (Wildman–Crippen MR) is 69.4 cm³/mol. The molecule has 6 heteroatoms. The van der Waals surface area contributed by atoms with Gasteiger partial charge < -0.3 is 10.2 Å². The van der Waals surface area contributed by atoms with Crippen molar-refractivity contribution >= 4 is 22.4 Å². The monoisotopic (exact) mass is 247 g/mol. The van der Waals surface area contributed by atoms with Crippen molar-refractivity contribution in [2.24, 2.45) is 0 Å². The van der Waals surface area contributed by atoms with Gasteiger partial charge in [-0.1, -0.05) is 0 Å². The first-order valence-corrected chi connectivity index (χ1v) is 5.95. The molecule has 3 heterocycles. The summed E-state index contributed by atoms with van der Waals surface area (Å²) in [6.07, 6.45) is 3.25. The van der Waals surface area contributed by atoms with Crippen LogP contribution in [0.4, 0.5) is 16.0 Å². The number of hydrogen-bond donors (Lipinski definition) is 2. The van der Waals surface area contributed by atoms with Crippen molar-refractivity contribution in [1.82, 2.24) is 15.3 Å². The third kappa shape index (κ3) is 1.95. The van der Waals surface area contributed by atoms with Gasteiger partial charge in [-0.2, -0.15) is 0 Å². The maximum absolute atomic E-state index is 12.7. The molecule has 0 amide bonds. The van der Waals surface area contributed by atoms with E-state index in [1.807, 2.05) is 6.07 Å². The Morgan fingerprint density at radius 1 is 1.28 bits per heavy atom. The van der Waals surface area contributed by atoms with Crippen LogP contribution in [-0.2, 0) is 0 Å². The Morgan fingerprint density at radius 2 is 2.11 bits per heavy atom. The highest BCUT2D eigenvalue weighted by molar-refractivity contribution is 5.91. The number of nitrogens with one attached hydrogen (secondary N) is 2. The van der Waals surface area contributed by atoms with E-state index in [-0.39, 0.29) is 0 Å². The first-order chi connectivity index (χ1) is 8.88. The third-order valence-electron chi connectivity index (χ3n) is 3.16. The van der Waals surface area contributed by atoms with Crippen molar-refractivity contribution in [1.29, 1.82) is 0 Å². The van der Waals surface area contributed by atoms with Crippen LogP contribution in [-0.4, -0.2) is 36.1 Å². The van der Waals surface area contributed by atoms with Crippen LogP contribution in [0.3, 0.4) is 0 Å². The van der Waals surface area contributed by atoms with E-state index in [1.165, 1.54) is 0 Å². The Kier molecular flexibility index (Phi) is 2.93. The van der Waals surface area contributed by atoms with Gasteiger partial charge in [-0.25, -0.2) is 10.5 Å². The highest BCUT2D eigenvalue weighted by Gasteiger charge is 2.13. The van der Waals surface area contributed by atoms with Gasteiger partial charge in [0.1, 0.15) is 5.82 Å². The lowest BCUT2D eigenvalue weighted by Crippen LogP contribution is -2.43. The largest absolute Gasteiger partial charge is 0.354 e. The van der Waals surface area contributed by atoms with E-state index < -0.39 is 0 Å². The standard InChI is InChI=1S/C12H14FN5/c13-17-10-1-2-15-11-8-16-12(7-9(10)11)18-5-3-14-4-6-18/h1-2,7-8,14H,3-6H2,(H,15,17). The fraction of sp³-hybridized carbons (Fsp3) is 0.333. The van der Waals surface area contributed by atoms with E-state index in [0.717, 1.165) is 37.4 Å². The second-order valence-corrected chi connectivity index (χ2v) is 4.25. The van der Waals surface area contributed by atoms with Gasteiger partial charge in [0.05, 0.1) is 17.4 Å². The Bertz CT molecular complexity index is 553. The van der Waals surface area contributed by atoms with Crippen LogP contribution in [0.5, 0.6) is 0 Å². The van der Waals surface area contributed by atoms with E-state index in [2.05, 4.69) is 20.2 Å². The number of nitrogens with zero attached hydrogens (tertiary/aromatic N) is 3. The summed E-state index contributed by atoms with van der Waals surface area (Å²) < 4.78 is 12.7. The molecule has 0 atom stereocenters. The quantitative estimate of drug-likeness (QED) is 0.784. The van der Waals surface area contributed by atoms with Crippen LogP contribution in [0, 0.1) is 0 Å². The zero-order valence-electron chi connectivity index (χ0n) is 9.86. The van der Waals surface area contributed by atoms with Crippen molar-refractivity contribution in [3.8, 4) is 0 Å². The summed E-state index contributed by atoms with van der Waals surface area (Å²) in [4.78, 5) is 10.8. The molecular weight excluding hydrogens is 233 g/mol. The van der Waals surface area contributed by atoms with Crippen LogP contribution < -0.4 is 15.8 Å². The second-order valence-electron chi connectivity index (χ2n) is 4.25. The average Bonchev–Trinajstić information content (AvgIpc) is 2.47. The summed E-state index contributed by atoms with van der Waals surface area (Å²) in [6.45, 7) is 3.72. The number of anilines is 2. The molecule has 18 heavy (non-hydrogen) atoms. The van der Waals surface area contributed by atoms with Gasteiger partial charge in [-0.3, -0.25) is 4.98 Å². The first kappa shape index (κ1) is 11.2. The van der Waals surface area contributed by atoms with E-state index in [0.29, 0.717) is 11.2 Å². The summed E-state index contributed by atoms with van der Waals surface area (Å²) in [7, 11) is 0. The normalized spacial score (nSPS) is 15.9. The minimum Gasteiger partial charge on any atom is -0.354 e.